The third kappa shape index (κ3) is 741. The van der Waals surface area contributed by atoms with Crippen molar-refractivity contribution in [1.29, 1.82) is 0 Å². The molecule has 0 aromatic heterocycles. The van der Waals surface area contributed by atoms with E-state index < -0.39 is 0 Å². The van der Waals surface area contributed by atoms with Crippen molar-refractivity contribution in [1.82, 2.24) is 0 Å². The van der Waals surface area contributed by atoms with Crippen molar-refractivity contribution in [3.63, 3.8) is 0 Å². The Labute approximate surface area is 55.5 Å². The number of rotatable bonds is 0. The Balaban J connectivity index is -0.000000000333. The Bertz CT molecular complexity index is 6.49. The topological polar surface area (TPSA) is 34.1 Å². The molecular weight excluding hydrogens is 104 g/mol. The van der Waals surface area contributed by atoms with Crippen molar-refractivity contribution >= 4 is 0 Å². The molecule has 0 saturated heterocycles. The van der Waals surface area contributed by atoms with E-state index in [2.05, 4.69) is 0 Å². The fraction of sp³-hybridized carbons (Fsp3) is 1.00. The van der Waals surface area contributed by atoms with Gasteiger partial charge in [-0.2, -0.15) is 0 Å². The molecule has 8 heavy (non-hydrogen) atoms. The highest BCUT2D eigenvalue weighted by Crippen LogP contribution is 0.741. The van der Waals surface area contributed by atoms with Gasteiger partial charge in [-0.1, -0.05) is 44.6 Å². The minimum absolute atomic E-state index is 0. The number of hydrogen-bond acceptors (Lipinski definition) is 2. The van der Waals surface area contributed by atoms with Crippen molar-refractivity contribution in [3.05, 3.63) is 9.93 Å². The van der Waals surface area contributed by atoms with Crippen LogP contribution in [0.3, 0.4) is 0 Å². The van der Waals surface area contributed by atoms with Crippen LogP contribution in [-0.2, 0) is 0 Å². The lowest BCUT2D eigenvalue weighted by Gasteiger charge is -0.707. The average molecular weight is 128 g/mol. The molecule has 0 heterocycles. The molecule has 0 aliphatic carbocycles. The first-order valence-corrected chi connectivity index (χ1v) is 0.167. The zero-order valence-corrected chi connectivity index (χ0v) is 0.816. The van der Waals surface area contributed by atoms with Gasteiger partial charge in [0.2, 0.25) is 0 Å². The van der Waals surface area contributed by atoms with Gasteiger partial charge < -0.3 is 0 Å². The largest absolute Gasteiger partial charge is 0.0776 e. The molecule has 0 aliphatic heterocycles. The van der Waals surface area contributed by atoms with E-state index >= 15 is 0 Å². The van der Waals surface area contributed by atoms with Gasteiger partial charge in [-0.15, -0.1) is 0 Å². The summed E-state index contributed by atoms with van der Waals surface area (Å²) in [5, 5.41) is 0. The molecule has 0 rings (SSSR count). The van der Waals surface area contributed by atoms with Crippen LogP contribution in [0.2, 0.25) is 0 Å². The molecule has 0 unspecified atom stereocenters. The Hall–Kier alpha value is -0.400. The summed E-state index contributed by atoms with van der Waals surface area (Å²) in [6, 6.07) is 0. The minimum atomic E-state index is 0. The van der Waals surface area contributed by atoms with Crippen LogP contribution in [0, 0.1) is 9.93 Å². The van der Waals surface area contributed by atoms with Crippen LogP contribution in [0.4, 0.5) is 0 Å². The minimum Gasteiger partial charge on any atom is -0.0776 e. The molecule has 2 nitrogen and oxygen atoms in total. The molecule has 0 spiro atoms. The smallest absolute Gasteiger partial charge is 0 e. The fourth-order valence-electron chi connectivity index (χ4n) is 0. The van der Waals surface area contributed by atoms with E-state index in [1.807, 2.05) is 0 Å². The van der Waals surface area contributed by atoms with Crippen LogP contribution in [0.1, 0.15) is 44.6 Å². The summed E-state index contributed by atoms with van der Waals surface area (Å²) in [6.07, 6.45) is 0. The molecule has 0 aromatic carbocycles. The second-order valence-corrected chi connectivity index (χ2v) is 0. The van der Waals surface area contributed by atoms with E-state index in [0.29, 0.717) is 0 Å². The van der Waals surface area contributed by atoms with E-state index in [1.165, 1.54) is 0 Å². The van der Waals surface area contributed by atoms with Crippen LogP contribution in [-0.4, -0.2) is 0 Å². The standard InChI is InChI=1S/6CH4.O2/c;;;;;;1-2/h6*1H4;. The Kier molecular flexibility index (Phi) is 149000. The van der Waals surface area contributed by atoms with Crippen molar-refractivity contribution in [2.24, 2.45) is 0 Å². The van der Waals surface area contributed by atoms with E-state index in [-0.39, 0.29) is 44.6 Å². The lowest BCUT2D eigenvalue weighted by Crippen LogP contribution is -0.674. The molecule has 0 N–H and O–H groups in total. The molecular formula is C6H24O2. The van der Waals surface area contributed by atoms with Gasteiger partial charge in [0, 0.05) is 9.93 Å². The van der Waals surface area contributed by atoms with Crippen LogP contribution in [0.5, 0.6) is 0 Å². The quantitative estimate of drug-likeness (QED) is 0.496. The van der Waals surface area contributed by atoms with Crippen LogP contribution in [0.15, 0.2) is 0 Å². The van der Waals surface area contributed by atoms with E-state index in [1.54, 1.807) is 0 Å². The molecule has 0 radical (unpaired) electrons. The molecule has 0 atom stereocenters. The summed E-state index contributed by atoms with van der Waals surface area (Å²) in [5.41, 5.74) is 0. The highest BCUT2D eigenvalue weighted by molar-refractivity contribution is 4.07. The normalized spacial score (nSPS) is 0.500. The van der Waals surface area contributed by atoms with Gasteiger partial charge >= 0.3 is 0 Å². The summed E-state index contributed by atoms with van der Waals surface area (Å²) < 4.78 is 0. The maximum atomic E-state index is 7.00. The Morgan fingerprint density at radius 3 is 0.375 bits per heavy atom. The van der Waals surface area contributed by atoms with Gasteiger partial charge in [-0.05, 0) is 0 Å². The van der Waals surface area contributed by atoms with Gasteiger partial charge in [0.25, 0.3) is 0 Å². The van der Waals surface area contributed by atoms with E-state index in [9.17, 15) is 0 Å². The predicted octanol–water partition coefficient (Wildman–Crippen LogP) is 3.88. The zero-order chi connectivity index (χ0) is 2.00. The van der Waals surface area contributed by atoms with E-state index in [4.69, 9.17) is 9.93 Å². The summed E-state index contributed by atoms with van der Waals surface area (Å²) in [5.74, 6) is 0. The van der Waals surface area contributed by atoms with Gasteiger partial charge in [0.1, 0.15) is 0 Å². The molecule has 2 heteroatoms. The monoisotopic (exact) mass is 128 g/mol. The lowest BCUT2D eigenvalue weighted by molar-refractivity contribution is 2.50. The molecule has 0 aliphatic rings. The summed E-state index contributed by atoms with van der Waals surface area (Å²) in [6.45, 7) is 0. The third-order valence-corrected chi connectivity index (χ3v) is 0. The lowest BCUT2D eigenvalue weighted by atomic mass is 12.0. The van der Waals surface area contributed by atoms with Crippen LogP contribution < -0.4 is 0 Å². The second-order valence-electron chi connectivity index (χ2n) is 0. The first-order valence-electron chi connectivity index (χ1n) is 0.167. The van der Waals surface area contributed by atoms with Crippen molar-refractivity contribution in [2.45, 2.75) is 44.6 Å². The first-order chi connectivity index (χ1) is 1.00. The molecule has 0 amide bonds. The highest BCUT2D eigenvalue weighted by atomic mass is 16.7. The van der Waals surface area contributed by atoms with Crippen molar-refractivity contribution in [2.75, 3.05) is 0 Å². The maximum Gasteiger partial charge on any atom is 0 e. The Morgan fingerprint density at radius 2 is 0.375 bits per heavy atom. The van der Waals surface area contributed by atoms with E-state index in [0.717, 1.165) is 0 Å². The maximum absolute atomic E-state index is 7.00. The molecule has 0 fully saturated rings. The van der Waals surface area contributed by atoms with Crippen LogP contribution >= 0.6 is 0 Å². The third-order valence-electron chi connectivity index (χ3n) is 0. The average Bonchev–Trinajstić information content (AvgIpc) is 1.00. The summed E-state index contributed by atoms with van der Waals surface area (Å²) in [7, 11) is 0. The van der Waals surface area contributed by atoms with Crippen LogP contribution in [0.25, 0.3) is 0 Å². The highest BCUT2D eigenvalue weighted by Gasteiger charge is 0.707. The molecule has 0 saturated carbocycles. The zero-order valence-electron chi connectivity index (χ0n) is 0.816. The predicted molar refractivity (Wildman–Crippen MR) is 47.1 cm³/mol. The molecule has 0 bridgehead atoms. The van der Waals surface area contributed by atoms with Crippen molar-refractivity contribution < 1.29 is 0 Å². The Morgan fingerprint density at radius 1 is 0.375 bits per heavy atom. The van der Waals surface area contributed by atoms with Gasteiger partial charge in [-0.3, -0.25) is 0 Å². The molecule has 60 valence electrons. The van der Waals surface area contributed by atoms with Gasteiger partial charge in [-0.25, -0.2) is 0 Å². The molecule has 0 aromatic rings. The summed E-state index contributed by atoms with van der Waals surface area (Å²) in [4.78, 5) is 14.0. The summed E-state index contributed by atoms with van der Waals surface area (Å²) >= 11 is 0. The van der Waals surface area contributed by atoms with Gasteiger partial charge in [0.05, 0.1) is 0 Å². The van der Waals surface area contributed by atoms with Gasteiger partial charge in [0.15, 0.2) is 0 Å². The fourth-order valence-corrected chi connectivity index (χ4v) is 0. The first kappa shape index (κ1) is 920. The van der Waals surface area contributed by atoms with Crippen molar-refractivity contribution in [3.8, 4) is 0 Å². The second kappa shape index (κ2) is 1290. The number of hydrogen-bond donors (Lipinski definition) is 0. The SMILES string of the molecule is C.C.C.C.C.C.O=O.